The number of benzene rings is 2. The van der Waals surface area contributed by atoms with E-state index in [1.807, 2.05) is 36.7 Å². The molecule has 0 radical (unpaired) electrons. The first-order chi connectivity index (χ1) is 10.1. The largest absolute Gasteiger partial charge is 0.330 e. The van der Waals surface area contributed by atoms with Gasteiger partial charge in [-0.25, -0.2) is 4.98 Å². The first-order valence-electron chi connectivity index (χ1n) is 7.15. The SMILES string of the molecule is Cc1cc2ncn(CCC(=O)c3ccccc3)c2cc1C. The zero-order valence-corrected chi connectivity index (χ0v) is 12.3. The van der Waals surface area contributed by atoms with Crippen molar-refractivity contribution in [3.8, 4) is 0 Å². The Morgan fingerprint density at radius 1 is 1.10 bits per heavy atom. The zero-order valence-electron chi connectivity index (χ0n) is 12.3. The lowest BCUT2D eigenvalue weighted by Gasteiger charge is -2.06. The van der Waals surface area contributed by atoms with Crippen LogP contribution in [0.1, 0.15) is 27.9 Å². The maximum absolute atomic E-state index is 12.2. The van der Waals surface area contributed by atoms with E-state index in [1.54, 1.807) is 0 Å². The van der Waals surface area contributed by atoms with Crippen molar-refractivity contribution in [1.29, 1.82) is 0 Å². The summed E-state index contributed by atoms with van der Waals surface area (Å²) in [5, 5.41) is 0. The molecule has 0 spiro atoms. The average molecular weight is 278 g/mol. The van der Waals surface area contributed by atoms with Gasteiger partial charge in [-0.3, -0.25) is 4.79 Å². The molecule has 0 saturated heterocycles. The van der Waals surface area contributed by atoms with E-state index < -0.39 is 0 Å². The summed E-state index contributed by atoms with van der Waals surface area (Å²) in [6.45, 7) is 4.85. The van der Waals surface area contributed by atoms with Crippen molar-refractivity contribution in [2.45, 2.75) is 26.8 Å². The maximum atomic E-state index is 12.2. The van der Waals surface area contributed by atoms with Gasteiger partial charge in [0.2, 0.25) is 0 Å². The lowest BCUT2D eigenvalue weighted by atomic mass is 10.1. The van der Waals surface area contributed by atoms with Gasteiger partial charge in [0.15, 0.2) is 5.78 Å². The lowest BCUT2D eigenvalue weighted by Crippen LogP contribution is -2.05. The highest BCUT2D eigenvalue weighted by Gasteiger charge is 2.08. The molecule has 21 heavy (non-hydrogen) atoms. The lowest BCUT2D eigenvalue weighted by molar-refractivity contribution is 0.0977. The molecule has 0 atom stereocenters. The molecule has 1 aromatic heterocycles. The number of nitrogens with zero attached hydrogens (tertiary/aromatic N) is 2. The molecule has 3 rings (SSSR count). The number of fused-ring (bicyclic) bond motifs is 1. The molecule has 0 fully saturated rings. The molecule has 3 nitrogen and oxygen atoms in total. The van der Waals surface area contributed by atoms with E-state index in [0.717, 1.165) is 16.6 Å². The summed E-state index contributed by atoms with van der Waals surface area (Å²) in [6, 6.07) is 13.7. The molecule has 0 amide bonds. The van der Waals surface area contributed by atoms with Gasteiger partial charge in [-0.1, -0.05) is 30.3 Å². The smallest absolute Gasteiger partial charge is 0.164 e. The van der Waals surface area contributed by atoms with Crippen LogP contribution in [0.5, 0.6) is 0 Å². The Hall–Kier alpha value is -2.42. The minimum atomic E-state index is 0.168. The van der Waals surface area contributed by atoms with Gasteiger partial charge in [0.1, 0.15) is 0 Å². The molecule has 0 aliphatic carbocycles. The van der Waals surface area contributed by atoms with Crippen LogP contribution in [0.2, 0.25) is 0 Å². The van der Waals surface area contributed by atoms with E-state index in [-0.39, 0.29) is 5.78 Å². The van der Waals surface area contributed by atoms with Crippen molar-refractivity contribution in [1.82, 2.24) is 9.55 Å². The van der Waals surface area contributed by atoms with Gasteiger partial charge >= 0.3 is 0 Å². The van der Waals surface area contributed by atoms with E-state index in [4.69, 9.17) is 0 Å². The number of carbonyl (C=O) groups is 1. The number of ketones is 1. The number of hydrogen-bond donors (Lipinski definition) is 0. The normalized spacial score (nSPS) is 11.0. The molecule has 2 aromatic carbocycles. The van der Waals surface area contributed by atoms with Gasteiger partial charge in [-0.2, -0.15) is 0 Å². The van der Waals surface area contributed by atoms with Crippen molar-refractivity contribution in [2.75, 3.05) is 0 Å². The van der Waals surface area contributed by atoms with Crippen molar-refractivity contribution in [3.63, 3.8) is 0 Å². The highest BCUT2D eigenvalue weighted by atomic mass is 16.1. The molecule has 0 unspecified atom stereocenters. The van der Waals surface area contributed by atoms with E-state index in [0.29, 0.717) is 13.0 Å². The second-order valence-corrected chi connectivity index (χ2v) is 5.40. The van der Waals surface area contributed by atoms with Crippen LogP contribution in [0.4, 0.5) is 0 Å². The van der Waals surface area contributed by atoms with Crippen LogP contribution in [0, 0.1) is 13.8 Å². The van der Waals surface area contributed by atoms with Gasteiger partial charge in [0, 0.05) is 18.5 Å². The summed E-state index contributed by atoms with van der Waals surface area (Å²) in [5.41, 5.74) is 5.35. The van der Waals surface area contributed by atoms with Crippen molar-refractivity contribution in [3.05, 3.63) is 65.5 Å². The molecule has 0 saturated carbocycles. The predicted molar refractivity (Wildman–Crippen MR) is 84.6 cm³/mol. The molecule has 106 valence electrons. The van der Waals surface area contributed by atoms with Gasteiger partial charge in [-0.05, 0) is 37.1 Å². The summed E-state index contributed by atoms with van der Waals surface area (Å²) in [6.07, 6.45) is 2.31. The minimum absolute atomic E-state index is 0.168. The van der Waals surface area contributed by atoms with Gasteiger partial charge in [0.25, 0.3) is 0 Å². The number of imidazole rings is 1. The topological polar surface area (TPSA) is 34.9 Å². The molecule has 0 bridgehead atoms. The Morgan fingerprint density at radius 2 is 1.81 bits per heavy atom. The number of Topliss-reactive ketones (excluding diaryl/α,β-unsaturated/α-hetero) is 1. The van der Waals surface area contributed by atoms with Crippen molar-refractivity contribution < 1.29 is 4.79 Å². The molecule has 1 heterocycles. The Balaban J connectivity index is 1.80. The first kappa shape index (κ1) is 13.6. The third-order valence-corrected chi connectivity index (χ3v) is 3.91. The standard InChI is InChI=1S/C18H18N2O/c1-13-10-16-17(11-14(13)2)20(12-19-16)9-8-18(21)15-6-4-3-5-7-15/h3-7,10-12H,8-9H2,1-2H3. The number of aryl methyl sites for hydroxylation is 3. The van der Waals surface area contributed by atoms with E-state index in [9.17, 15) is 4.79 Å². The highest BCUT2D eigenvalue weighted by Crippen LogP contribution is 2.19. The monoisotopic (exact) mass is 278 g/mol. The van der Waals surface area contributed by atoms with Crippen LogP contribution in [-0.4, -0.2) is 15.3 Å². The van der Waals surface area contributed by atoms with Crippen LogP contribution < -0.4 is 0 Å². The van der Waals surface area contributed by atoms with Crippen LogP contribution in [0.25, 0.3) is 11.0 Å². The zero-order chi connectivity index (χ0) is 14.8. The fraction of sp³-hybridized carbons (Fsp3) is 0.222. The molecular formula is C18H18N2O. The molecule has 0 N–H and O–H groups in total. The summed E-state index contributed by atoms with van der Waals surface area (Å²) in [5.74, 6) is 0.168. The van der Waals surface area contributed by atoms with Crippen LogP contribution in [-0.2, 0) is 6.54 Å². The fourth-order valence-corrected chi connectivity index (χ4v) is 2.48. The van der Waals surface area contributed by atoms with E-state index in [2.05, 4.69) is 35.5 Å². The highest BCUT2D eigenvalue weighted by molar-refractivity contribution is 5.96. The predicted octanol–water partition coefficient (Wildman–Crippen LogP) is 3.93. The molecule has 0 aliphatic heterocycles. The molecular weight excluding hydrogens is 260 g/mol. The quantitative estimate of drug-likeness (QED) is 0.678. The number of hydrogen-bond acceptors (Lipinski definition) is 2. The van der Waals surface area contributed by atoms with E-state index in [1.165, 1.54) is 11.1 Å². The average Bonchev–Trinajstić information content (AvgIpc) is 2.88. The number of carbonyl (C=O) groups excluding carboxylic acids is 1. The van der Waals surface area contributed by atoms with Crippen molar-refractivity contribution in [2.24, 2.45) is 0 Å². The molecule has 0 aliphatic rings. The Morgan fingerprint density at radius 3 is 2.57 bits per heavy atom. The fourth-order valence-electron chi connectivity index (χ4n) is 2.48. The Bertz CT molecular complexity index is 788. The van der Waals surface area contributed by atoms with Crippen LogP contribution in [0.15, 0.2) is 48.8 Å². The summed E-state index contributed by atoms with van der Waals surface area (Å²) < 4.78 is 2.06. The minimum Gasteiger partial charge on any atom is -0.330 e. The maximum Gasteiger partial charge on any atom is 0.164 e. The van der Waals surface area contributed by atoms with Crippen LogP contribution >= 0.6 is 0 Å². The summed E-state index contributed by atoms with van der Waals surface area (Å²) >= 11 is 0. The summed E-state index contributed by atoms with van der Waals surface area (Å²) in [7, 11) is 0. The third kappa shape index (κ3) is 2.72. The van der Waals surface area contributed by atoms with Crippen LogP contribution in [0.3, 0.4) is 0 Å². The molecule has 3 heteroatoms. The van der Waals surface area contributed by atoms with Gasteiger partial charge < -0.3 is 4.57 Å². The Kier molecular flexibility index (Phi) is 3.57. The number of rotatable bonds is 4. The van der Waals surface area contributed by atoms with Crippen molar-refractivity contribution >= 4 is 16.8 Å². The second-order valence-electron chi connectivity index (χ2n) is 5.40. The third-order valence-electron chi connectivity index (χ3n) is 3.91. The first-order valence-corrected chi connectivity index (χ1v) is 7.15. The van der Waals surface area contributed by atoms with E-state index >= 15 is 0 Å². The second kappa shape index (κ2) is 5.52. The molecule has 3 aromatic rings. The Labute approximate surface area is 124 Å². The van der Waals surface area contributed by atoms with Gasteiger partial charge in [0.05, 0.1) is 17.4 Å². The van der Waals surface area contributed by atoms with Gasteiger partial charge in [-0.15, -0.1) is 0 Å². The number of aromatic nitrogens is 2. The summed E-state index contributed by atoms with van der Waals surface area (Å²) in [4.78, 5) is 16.6.